The molecule has 0 aliphatic rings. The Morgan fingerprint density at radius 1 is 0.553 bits per heavy atom. The summed E-state index contributed by atoms with van der Waals surface area (Å²) in [6.07, 6.45) is 27.9. The number of ketones is 1. The van der Waals surface area contributed by atoms with Crippen molar-refractivity contribution in [2.75, 3.05) is 6.61 Å². The number of rotatable bonds is 24. The Bertz CT molecular complexity index is 1340. The number of halogens is 1. The van der Waals surface area contributed by atoms with Crippen LogP contribution < -0.4 is 9.47 Å². The van der Waals surface area contributed by atoms with Gasteiger partial charge in [-0.3, -0.25) is 4.79 Å². The SMILES string of the molecule is CCCCCCCCCCCCCCCCCCOc1ccc(/C=C/C(=O)Oc2ccc(/C=C/C(=O)c3ccc(F)cc3)cc2)cc1. The Balaban J connectivity index is 1.21. The van der Waals surface area contributed by atoms with Crippen molar-refractivity contribution in [2.45, 2.75) is 110 Å². The van der Waals surface area contributed by atoms with Gasteiger partial charge in [0.15, 0.2) is 5.78 Å². The molecular formula is C42H53FO4. The van der Waals surface area contributed by atoms with E-state index < -0.39 is 5.97 Å². The number of carbonyl (C=O) groups is 2. The van der Waals surface area contributed by atoms with Gasteiger partial charge in [-0.15, -0.1) is 0 Å². The third-order valence-electron chi connectivity index (χ3n) is 8.21. The van der Waals surface area contributed by atoms with Crippen LogP contribution >= 0.6 is 0 Å². The van der Waals surface area contributed by atoms with Crippen molar-refractivity contribution in [3.63, 3.8) is 0 Å². The van der Waals surface area contributed by atoms with Gasteiger partial charge in [0.25, 0.3) is 0 Å². The van der Waals surface area contributed by atoms with Gasteiger partial charge in [-0.25, -0.2) is 9.18 Å². The van der Waals surface area contributed by atoms with Crippen LogP contribution in [-0.4, -0.2) is 18.4 Å². The maximum Gasteiger partial charge on any atom is 0.336 e. The molecule has 5 heteroatoms. The summed E-state index contributed by atoms with van der Waals surface area (Å²) in [5.74, 6) is 0.145. The van der Waals surface area contributed by atoms with E-state index in [4.69, 9.17) is 9.47 Å². The van der Waals surface area contributed by atoms with Crippen molar-refractivity contribution in [3.05, 3.63) is 107 Å². The zero-order chi connectivity index (χ0) is 33.4. The molecule has 0 atom stereocenters. The molecule has 0 saturated heterocycles. The zero-order valence-corrected chi connectivity index (χ0v) is 28.3. The van der Waals surface area contributed by atoms with Gasteiger partial charge in [0.2, 0.25) is 0 Å². The summed E-state index contributed by atoms with van der Waals surface area (Å²) >= 11 is 0. The van der Waals surface area contributed by atoms with E-state index in [0.29, 0.717) is 11.3 Å². The summed E-state index contributed by atoms with van der Waals surface area (Å²) in [6.45, 7) is 3.00. The fourth-order valence-corrected chi connectivity index (χ4v) is 5.36. The first-order chi connectivity index (χ1) is 23.0. The maximum absolute atomic E-state index is 13.0. The quantitative estimate of drug-likeness (QED) is 0.0321. The first-order valence-corrected chi connectivity index (χ1v) is 17.7. The van der Waals surface area contributed by atoms with Crippen molar-refractivity contribution in [1.29, 1.82) is 0 Å². The lowest BCUT2D eigenvalue weighted by molar-refractivity contribution is -0.128. The Morgan fingerprint density at radius 3 is 1.51 bits per heavy atom. The van der Waals surface area contributed by atoms with Crippen LogP contribution in [0.3, 0.4) is 0 Å². The predicted octanol–water partition coefficient (Wildman–Crippen LogP) is 12.0. The van der Waals surface area contributed by atoms with Crippen molar-refractivity contribution < 1.29 is 23.5 Å². The molecule has 0 bridgehead atoms. The van der Waals surface area contributed by atoms with Gasteiger partial charge < -0.3 is 9.47 Å². The Labute approximate surface area is 282 Å². The van der Waals surface area contributed by atoms with Gasteiger partial charge in [0.1, 0.15) is 17.3 Å². The Hall–Kier alpha value is -3.99. The highest BCUT2D eigenvalue weighted by molar-refractivity contribution is 6.06. The average Bonchev–Trinajstić information content (AvgIpc) is 3.09. The smallest absolute Gasteiger partial charge is 0.336 e. The van der Waals surface area contributed by atoms with Crippen LogP contribution in [0.2, 0.25) is 0 Å². The van der Waals surface area contributed by atoms with Gasteiger partial charge in [0.05, 0.1) is 6.61 Å². The van der Waals surface area contributed by atoms with Crippen molar-refractivity contribution in [2.24, 2.45) is 0 Å². The van der Waals surface area contributed by atoms with Crippen LogP contribution in [0.1, 0.15) is 131 Å². The molecule has 47 heavy (non-hydrogen) atoms. The minimum absolute atomic E-state index is 0.222. The zero-order valence-electron chi connectivity index (χ0n) is 28.3. The second kappa shape index (κ2) is 23.3. The highest BCUT2D eigenvalue weighted by Crippen LogP contribution is 2.17. The number of allylic oxidation sites excluding steroid dienone is 1. The molecule has 0 fully saturated rings. The molecule has 0 aliphatic carbocycles. The van der Waals surface area contributed by atoms with E-state index in [2.05, 4.69) is 6.92 Å². The molecule has 0 aliphatic heterocycles. The molecule has 0 saturated carbocycles. The second-order valence-corrected chi connectivity index (χ2v) is 12.2. The highest BCUT2D eigenvalue weighted by Gasteiger charge is 2.04. The molecule has 0 spiro atoms. The van der Waals surface area contributed by atoms with Crippen molar-refractivity contribution in [3.8, 4) is 11.5 Å². The molecule has 0 aromatic heterocycles. The van der Waals surface area contributed by atoms with E-state index in [0.717, 1.165) is 29.9 Å². The number of unbranched alkanes of at least 4 members (excludes halogenated alkanes) is 15. The van der Waals surface area contributed by atoms with Crippen LogP contribution in [0.5, 0.6) is 11.5 Å². The summed E-state index contributed by atoms with van der Waals surface area (Å²) in [4.78, 5) is 24.5. The topological polar surface area (TPSA) is 52.6 Å². The predicted molar refractivity (Wildman–Crippen MR) is 192 cm³/mol. The summed E-state index contributed by atoms with van der Waals surface area (Å²) in [7, 11) is 0. The van der Waals surface area contributed by atoms with E-state index in [1.165, 1.54) is 133 Å². The third-order valence-corrected chi connectivity index (χ3v) is 8.21. The molecule has 3 rings (SSSR count). The Kier molecular flexibility index (Phi) is 18.6. The number of ether oxygens (including phenoxy) is 2. The molecule has 0 N–H and O–H groups in total. The lowest BCUT2D eigenvalue weighted by Gasteiger charge is -2.07. The molecule has 4 nitrogen and oxygen atoms in total. The van der Waals surface area contributed by atoms with Crippen molar-refractivity contribution >= 4 is 23.9 Å². The van der Waals surface area contributed by atoms with E-state index >= 15 is 0 Å². The van der Waals surface area contributed by atoms with Gasteiger partial charge in [0, 0.05) is 11.6 Å². The molecular weight excluding hydrogens is 587 g/mol. The number of esters is 1. The van der Waals surface area contributed by atoms with E-state index in [1.807, 2.05) is 24.3 Å². The van der Waals surface area contributed by atoms with Gasteiger partial charge >= 0.3 is 5.97 Å². The fraction of sp³-hybridized carbons (Fsp3) is 0.429. The third kappa shape index (κ3) is 16.9. The normalized spacial score (nSPS) is 11.4. The van der Waals surface area contributed by atoms with Gasteiger partial charge in [-0.1, -0.05) is 134 Å². The fourth-order valence-electron chi connectivity index (χ4n) is 5.36. The number of benzene rings is 3. The standard InChI is InChI=1S/C42H53FO4/c1-2-3-4-5-6-7-8-9-10-11-12-13-14-15-16-17-34-46-39-28-18-36(19-29-39)23-33-42(45)47-40-30-20-35(21-31-40)22-32-41(44)37-24-26-38(43)27-25-37/h18-33H,2-17,34H2,1H3/b32-22+,33-23+. The molecule has 3 aromatic rings. The van der Waals surface area contributed by atoms with Gasteiger partial charge in [-0.2, -0.15) is 0 Å². The van der Waals surface area contributed by atoms with E-state index in [-0.39, 0.29) is 11.6 Å². The van der Waals surface area contributed by atoms with E-state index in [9.17, 15) is 14.0 Å². The van der Waals surface area contributed by atoms with Gasteiger partial charge in [-0.05, 0) is 78.2 Å². The summed E-state index contributed by atoms with van der Waals surface area (Å²) in [6, 6.07) is 19.9. The molecule has 0 amide bonds. The first kappa shape index (κ1) is 37.5. The minimum Gasteiger partial charge on any atom is -0.494 e. The highest BCUT2D eigenvalue weighted by atomic mass is 19.1. The number of carbonyl (C=O) groups excluding carboxylic acids is 2. The van der Waals surface area contributed by atoms with Crippen LogP contribution in [0.25, 0.3) is 12.2 Å². The van der Waals surface area contributed by atoms with E-state index in [1.54, 1.807) is 36.4 Å². The number of hydrogen-bond acceptors (Lipinski definition) is 4. The lowest BCUT2D eigenvalue weighted by atomic mass is 10.0. The number of hydrogen-bond donors (Lipinski definition) is 0. The monoisotopic (exact) mass is 640 g/mol. The largest absolute Gasteiger partial charge is 0.494 e. The Morgan fingerprint density at radius 2 is 1.00 bits per heavy atom. The van der Waals surface area contributed by atoms with Crippen LogP contribution in [0, 0.1) is 5.82 Å². The average molecular weight is 641 g/mol. The molecule has 0 unspecified atom stereocenters. The van der Waals surface area contributed by atoms with Crippen LogP contribution in [0.4, 0.5) is 4.39 Å². The summed E-state index contributed by atoms with van der Waals surface area (Å²) in [5, 5.41) is 0. The second-order valence-electron chi connectivity index (χ2n) is 12.2. The minimum atomic E-state index is -0.483. The molecule has 0 heterocycles. The lowest BCUT2D eigenvalue weighted by Crippen LogP contribution is -2.03. The maximum atomic E-state index is 13.0. The first-order valence-electron chi connectivity index (χ1n) is 17.7. The molecule has 3 aromatic carbocycles. The van der Waals surface area contributed by atoms with Crippen LogP contribution in [-0.2, 0) is 4.79 Å². The molecule has 252 valence electrons. The molecule has 0 radical (unpaired) electrons. The summed E-state index contributed by atoms with van der Waals surface area (Å²) < 4.78 is 24.3. The van der Waals surface area contributed by atoms with Crippen LogP contribution in [0.15, 0.2) is 84.9 Å². The summed E-state index contributed by atoms with van der Waals surface area (Å²) in [5.41, 5.74) is 2.06. The van der Waals surface area contributed by atoms with Crippen molar-refractivity contribution in [1.82, 2.24) is 0 Å².